The van der Waals surface area contributed by atoms with Crippen LogP contribution in [-0.2, 0) is 28.2 Å². The molecule has 1 aromatic carbocycles. The molecular weight excluding hydrogens is 412 g/mol. The van der Waals surface area contributed by atoms with Crippen molar-refractivity contribution in [2.24, 2.45) is 28.2 Å². The Labute approximate surface area is 173 Å². The molecule has 0 spiro atoms. The molecule has 0 bridgehead atoms. The monoisotopic (exact) mass is 432 g/mol. The van der Waals surface area contributed by atoms with Crippen LogP contribution in [0.4, 0.5) is 0 Å². The zero-order valence-electron chi connectivity index (χ0n) is 17.3. The molecule has 0 atom stereocenters. The lowest BCUT2D eigenvalue weighted by Crippen LogP contribution is -2.38. The van der Waals surface area contributed by atoms with Gasteiger partial charge >= 0.3 is 11.4 Å². The van der Waals surface area contributed by atoms with E-state index in [-0.39, 0.29) is 22.3 Å². The number of aromatic nitrogens is 4. The molecule has 0 radical (unpaired) electrons. The fourth-order valence-electron chi connectivity index (χ4n) is 3.44. The molecule has 0 fully saturated rings. The van der Waals surface area contributed by atoms with E-state index in [0.29, 0.717) is 4.57 Å². The van der Waals surface area contributed by atoms with Gasteiger partial charge in [-0.2, -0.15) is 0 Å². The predicted octanol–water partition coefficient (Wildman–Crippen LogP) is -1.05. The summed E-state index contributed by atoms with van der Waals surface area (Å²) in [5.41, 5.74) is -4.78. The van der Waals surface area contributed by atoms with E-state index in [4.69, 9.17) is 0 Å². The summed E-state index contributed by atoms with van der Waals surface area (Å²) < 4.78 is 3.01. The first-order valence-electron chi connectivity index (χ1n) is 8.87. The van der Waals surface area contributed by atoms with E-state index >= 15 is 0 Å². The summed E-state index contributed by atoms with van der Waals surface area (Å²) in [5.74, 6) is -3.03. The van der Waals surface area contributed by atoms with Gasteiger partial charge in [-0.3, -0.25) is 27.9 Å². The summed E-state index contributed by atoms with van der Waals surface area (Å²) in [6, 6.07) is 0.985. The number of rotatable bonds is 2. The Morgan fingerprint density at radius 3 is 1.55 bits per heavy atom. The van der Waals surface area contributed by atoms with Gasteiger partial charge in [0.1, 0.15) is 11.1 Å². The largest absolute Gasteiger partial charge is 0.504 e. The minimum absolute atomic E-state index is 0.0207. The van der Waals surface area contributed by atoms with Gasteiger partial charge in [-0.15, -0.1) is 0 Å². The predicted molar refractivity (Wildman–Crippen MR) is 110 cm³/mol. The molecule has 12 nitrogen and oxygen atoms in total. The van der Waals surface area contributed by atoms with E-state index in [0.717, 1.165) is 26.8 Å². The SMILES string of the molecule is Cc1c(-c2c(O)n(C)c(=O)n(C)c2=O)cc(O)c(O)c1-c1c(O)n(C)c(=O)n(C)c1=O. The Morgan fingerprint density at radius 1 is 0.645 bits per heavy atom. The van der Waals surface area contributed by atoms with Crippen LogP contribution >= 0.6 is 0 Å². The number of benzene rings is 1. The molecule has 0 aliphatic heterocycles. The van der Waals surface area contributed by atoms with Crippen molar-refractivity contribution >= 4 is 0 Å². The molecule has 0 unspecified atom stereocenters. The van der Waals surface area contributed by atoms with Crippen LogP contribution in [-0.4, -0.2) is 38.7 Å². The number of phenols is 2. The zero-order valence-corrected chi connectivity index (χ0v) is 17.3. The van der Waals surface area contributed by atoms with Gasteiger partial charge in [-0.1, -0.05) is 0 Å². The molecule has 164 valence electrons. The van der Waals surface area contributed by atoms with E-state index in [9.17, 15) is 39.6 Å². The van der Waals surface area contributed by atoms with E-state index < -0.39 is 51.3 Å². The smallest absolute Gasteiger partial charge is 0.333 e. The summed E-state index contributed by atoms with van der Waals surface area (Å²) in [5, 5.41) is 41.7. The van der Waals surface area contributed by atoms with Gasteiger partial charge in [-0.25, -0.2) is 9.59 Å². The fraction of sp³-hybridized carbons (Fsp3) is 0.263. The number of aromatic hydroxyl groups is 4. The Balaban J connectivity index is 2.59. The summed E-state index contributed by atoms with van der Waals surface area (Å²) in [7, 11) is 4.79. The van der Waals surface area contributed by atoms with Crippen molar-refractivity contribution in [2.75, 3.05) is 0 Å². The van der Waals surface area contributed by atoms with Crippen LogP contribution < -0.4 is 22.5 Å². The number of hydrogen-bond acceptors (Lipinski definition) is 8. The molecule has 2 heterocycles. The Kier molecular flexibility index (Phi) is 4.81. The molecule has 0 aliphatic rings. The van der Waals surface area contributed by atoms with E-state index in [1.165, 1.54) is 28.1 Å². The molecule has 0 aliphatic carbocycles. The standard InChI is InChI=1S/C19H20N4O8/c1-7-8(11-14(26)20(2)18(30)21(3)15(11)27)6-9(24)13(25)10(7)12-16(28)22(4)19(31)23(5)17(12)29/h6,24-26,28H,1-5H3. The number of hydrogen-bond donors (Lipinski definition) is 4. The highest BCUT2D eigenvalue weighted by Gasteiger charge is 2.28. The fourth-order valence-corrected chi connectivity index (χ4v) is 3.44. The van der Waals surface area contributed by atoms with Crippen molar-refractivity contribution in [3.8, 4) is 45.5 Å². The summed E-state index contributed by atoms with van der Waals surface area (Å²) in [6.45, 7) is 1.37. The number of phenolic OH excluding ortho intramolecular Hbond substituents is 2. The zero-order chi connectivity index (χ0) is 23.5. The molecule has 2 aromatic heterocycles. The third-order valence-corrected chi connectivity index (χ3v) is 5.33. The summed E-state index contributed by atoms with van der Waals surface area (Å²) >= 11 is 0. The van der Waals surface area contributed by atoms with Crippen molar-refractivity contribution < 1.29 is 20.4 Å². The van der Waals surface area contributed by atoms with Crippen molar-refractivity contribution in [2.45, 2.75) is 6.92 Å². The topological polar surface area (TPSA) is 169 Å². The molecule has 31 heavy (non-hydrogen) atoms. The van der Waals surface area contributed by atoms with Crippen molar-refractivity contribution in [1.29, 1.82) is 0 Å². The first-order valence-corrected chi connectivity index (χ1v) is 8.87. The second-order valence-electron chi connectivity index (χ2n) is 7.10. The molecule has 4 N–H and O–H groups in total. The first kappa shape index (κ1) is 21.5. The van der Waals surface area contributed by atoms with Crippen molar-refractivity contribution in [3.63, 3.8) is 0 Å². The molecular formula is C19H20N4O8. The lowest BCUT2D eigenvalue weighted by molar-refractivity contribution is 0.400. The Bertz CT molecular complexity index is 1500. The van der Waals surface area contributed by atoms with Crippen LogP contribution in [0.25, 0.3) is 22.3 Å². The lowest BCUT2D eigenvalue weighted by Gasteiger charge is -2.18. The highest BCUT2D eigenvalue weighted by molar-refractivity contribution is 5.87. The highest BCUT2D eigenvalue weighted by atomic mass is 16.3. The maximum absolute atomic E-state index is 12.7. The van der Waals surface area contributed by atoms with Gasteiger partial charge in [0.2, 0.25) is 11.8 Å². The second kappa shape index (κ2) is 6.93. The van der Waals surface area contributed by atoms with Gasteiger partial charge in [0.05, 0.1) is 0 Å². The Hall–Kier alpha value is -4.22. The third-order valence-electron chi connectivity index (χ3n) is 5.33. The molecule has 3 aromatic rings. The molecule has 0 amide bonds. The van der Waals surface area contributed by atoms with Crippen LogP contribution in [0.15, 0.2) is 25.2 Å². The van der Waals surface area contributed by atoms with Gasteiger partial charge in [0.25, 0.3) is 11.1 Å². The average Bonchev–Trinajstić information content (AvgIpc) is 2.73. The van der Waals surface area contributed by atoms with Gasteiger partial charge in [0, 0.05) is 39.3 Å². The van der Waals surface area contributed by atoms with Gasteiger partial charge < -0.3 is 20.4 Å². The van der Waals surface area contributed by atoms with E-state index in [1.54, 1.807) is 0 Å². The summed E-state index contributed by atoms with van der Waals surface area (Å²) in [6.07, 6.45) is 0. The first-order chi connectivity index (χ1) is 14.3. The van der Waals surface area contributed by atoms with Crippen molar-refractivity contribution in [1.82, 2.24) is 18.3 Å². The van der Waals surface area contributed by atoms with Gasteiger partial charge in [0.15, 0.2) is 11.5 Å². The lowest BCUT2D eigenvalue weighted by atomic mass is 9.92. The summed E-state index contributed by atoms with van der Waals surface area (Å²) in [4.78, 5) is 49.6. The van der Waals surface area contributed by atoms with Crippen LogP contribution in [0.1, 0.15) is 5.56 Å². The second-order valence-corrected chi connectivity index (χ2v) is 7.10. The minimum atomic E-state index is -0.965. The molecule has 3 rings (SSSR count). The van der Waals surface area contributed by atoms with Gasteiger partial charge in [-0.05, 0) is 18.6 Å². The van der Waals surface area contributed by atoms with E-state index in [2.05, 4.69) is 0 Å². The normalized spacial score (nSPS) is 11.1. The van der Waals surface area contributed by atoms with Crippen molar-refractivity contribution in [3.05, 3.63) is 53.3 Å². The molecule has 12 heteroatoms. The van der Waals surface area contributed by atoms with Crippen LogP contribution in [0.5, 0.6) is 23.3 Å². The third kappa shape index (κ3) is 2.83. The minimum Gasteiger partial charge on any atom is -0.504 e. The van der Waals surface area contributed by atoms with E-state index in [1.807, 2.05) is 0 Å². The van der Waals surface area contributed by atoms with Crippen LogP contribution in [0.3, 0.4) is 0 Å². The molecule has 0 saturated carbocycles. The van der Waals surface area contributed by atoms with Crippen LogP contribution in [0, 0.1) is 6.92 Å². The van der Waals surface area contributed by atoms with Crippen LogP contribution in [0.2, 0.25) is 0 Å². The Morgan fingerprint density at radius 2 is 1.06 bits per heavy atom. The quantitative estimate of drug-likeness (QED) is 0.372. The average molecular weight is 432 g/mol. The maximum Gasteiger partial charge on any atom is 0.333 e. The number of nitrogens with zero attached hydrogens (tertiary/aromatic N) is 4. The maximum atomic E-state index is 12.7. The highest BCUT2D eigenvalue weighted by Crippen LogP contribution is 2.45. The molecule has 0 saturated heterocycles.